The summed E-state index contributed by atoms with van der Waals surface area (Å²) in [4.78, 5) is 20.4. The standard InChI is InChI=1S/C23H23F2N3O/c1-3-28-11-10-21-17(13-28)22(16-6-4-5-7-20(16)27-21)23(29)26-14(2)15-8-9-18(24)19(25)12-15/h4-9,12,14H,3,10-11,13H2,1-2H3,(H,26,29). The van der Waals surface area contributed by atoms with Crippen molar-refractivity contribution in [2.75, 3.05) is 13.1 Å². The summed E-state index contributed by atoms with van der Waals surface area (Å²) in [6.45, 7) is 6.36. The average molecular weight is 395 g/mol. The van der Waals surface area contributed by atoms with E-state index in [4.69, 9.17) is 4.98 Å². The molecule has 0 saturated heterocycles. The molecular formula is C23H23F2N3O. The molecule has 2 heterocycles. The lowest BCUT2D eigenvalue weighted by atomic mass is 9.94. The minimum atomic E-state index is -0.922. The molecule has 1 aromatic heterocycles. The summed E-state index contributed by atoms with van der Waals surface area (Å²) in [5, 5.41) is 3.76. The van der Waals surface area contributed by atoms with E-state index in [0.29, 0.717) is 17.7 Å². The topological polar surface area (TPSA) is 45.2 Å². The molecule has 1 unspecified atom stereocenters. The molecule has 3 aromatic rings. The summed E-state index contributed by atoms with van der Waals surface area (Å²) in [6.07, 6.45) is 0.799. The molecule has 1 N–H and O–H groups in total. The van der Waals surface area contributed by atoms with Gasteiger partial charge in [-0.05, 0) is 37.2 Å². The number of nitrogens with one attached hydrogen (secondary N) is 1. The summed E-state index contributed by atoms with van der Waals surface area (Å²) in [5.74, 6) is -2.05. The second-order valence-corrected chi connectivity index (χ2v) is 7.42. The molecule has 2 aromatic carbocycles. The highest BCUT2D eigenvalue weighted by Gasteiger charge is 2.26. The van der Waals surface area contributed by atoms with Crippen LogP contribution in [0.1, 0.15) is 47.1 Å². The number of hydrogen-bond acceptors (Lipinski definition) is 3. The first-order valence-electron chi connectivity index (χ1n) is 9.86. The van der Waals surface area contributed by atoms with E-state index in [-0.39, 0.29) is 5.91 Å². The number of halogens is 2. The number of likely N-dealkylation sites (N-methyl/N-ethyl adjacent to an activating group) is 1. The van der Waals surface area contributed by atoms with Gasteiger partial charge in [0, 0.05) is 36.2 Å². The van der Waals surface area contributed by atoms with Crippen LogP contribution >= 0.6 is 0 Å². The number of hydrogen-bond donors (Lipinski definition) is 1. The first kappa shape index (κ1) is 19.5. The molecule has 1 atom stereocenters. The predicted octanol–water partition coefficient (Wildman–Crippen LogP) is 4.38. The van der Waals surface area contributed by atoms with Gasteiger partial charge in [-0.3, -0.25) is 14.7 Å². The Morgan fingerprint density at radius 3 is 2.76 bits per heavy atom. The Hall–Kier alpha value is -2.86. The molecule has 1 amide bonds. The van der Waals surface area contributed by atoms with Crippen LogP contribution in [0.25, 0.3) is 10.9 Å². The van der Waals surface area contributed by atoms with Crippen molar-refractivity contribution in [2.24, 2.45) is 0 Å². The molecule has 6 heteroatoms. The number of fused-ring (bicyclic) bond motifs is 2. The molecule has 1 aliphatic rings. The zero-order valence-electron chi connectivity index (χ0n) is 16.5. The molecular weight excluding hydrogens is 372 g/mol. The quantitative estimate of drug-likeness (QED) is 0.713. The van der Waals surface area contributed by atoms with Gasteiger partial charge in [0.2, 0.25) is 0 Å². The van der Waals surface area contributed by atoms with Crippen LogP contribution in [-0.4, -0.2) is 28.9 Å². The smallest absolute Gasteiger partial charge is 0.252 e. The number of pyridine rings is 1. The van der Waals surface area contributed by atoms with E-state index < -0.39 is 17.7 Å². The van der Waals surface area contributed by atoms with Gasteiger partial charge in [-0.2, -0.15) is 0 Å². The van der Waals surface area contributed by atoms with Crippen molar-refractivity contribution >= 4 is 16.8 Å². The second-order valence-electron chi connectivity index (χ2n) is 7.42. The van der Waals surface area contributed by atoms with Gasteiger partial charge in [-0.1, -0.05) is 31.2 Å². The highest BCUT2D eigenvalue weighted by Crippen LogP contribution is 2.29. The molecule has 4 rings (SSSR count). The average Bonchev–Trinajstić information content (AvgIpc) is 2.73. The first-order chi connectivity index (χ1) is 14.0. The number of benzene rings is 2. The lowest BCUT2D eigenvalue weighted by Gasteiger charge is -2.29. The molecule has 0 saturated carbocycles. The van der Waals surface area contributed by atoms with Crippen LogP contribution in [0.2, 0.25) is 0 Å². The molecule has 1 aliphatic heterocycles. The third kappa shape index (κ3) is 3.72. The summed E-state index contributed by atoms with van der Waals surface area (Å²) in [6, 6.07) is 10.9. The zero-order chi connectivity index (χ0) is 20.5. The Morgan fingerprint density at radius 1 is 1.21 bits per heavy atom. The molecule has 0 radical (unpaired) electrons. The van der Waals surface area contributed by atoms with Crippen LogP contribution in [-0.2, 0) is 13.0 Å². The summed E-state index contributed by atoms with van der Waals surface area (Å²) in [5.41, 5.74) is 3.84. The molecule has 150 valence electrons. The van der Waals surface area contributed by atoms with E-state index >= 15 is 0 Å². The molecule has 0 fully saturated rings. The molecule has 29 heavy (non-hydrogen) atoms. The number of amides is 1. The van der Waals surface area contributed by atoms with Gasteiger partial charge in [0.05, 0.1) is 17.1 Å². The van der Waals surface area contributed by atoms with E-state index in [2.05, 4.69) is 17.1 Å². The Balaban J connectivity index is 1.73. The van der Waals surface area contributed by atoms with E-state index in [1.54, 1.807) is 6.92 Å². The molecule has 0 aliphatic carbocycles. The predicted molar refractivity (Wildman–Crippen MR) is 109 cm³/mol. The largest absolute Gasteiger partial charge is 0.345 e. The summed E-state index contributed by atoms with van der Waals surface area (Å²) >= 11 is 0. The zero-order valence-corrected chi connectivity index (χ0v) is 16.5. The molecule has 4 nitrogen and oxygen atoms in total. The van der Waals surface area contributed by atoms with Gasteiger partial charge in [0.15, 0.2) is 11.6 Å². The highest BCUT2D eigenvalue weighted by atomic mass is 19.2. The minimum absolute atomic E-state index is 0.227. The van der Waals surface area contributed by atoms with Gasteiger partial charge in [0.25, 0.3) is 5.91 Å². The summed E-state index contributed by atoms with van der Waals surface area (Å²) < 4.78 is 26.9. The van der Waals surface area contributed by atoms with Gasteiger partial charge < -0.3 is 5.32 Å². The van der Waals surface area contributed by atoms with E-state index in [1.165, 1.54) is 6.07 Å². The van der Waals surface area contributed by atoms with Crippen LogP contribution in [0.4, 0.5) is 8.78 Å². The number of carbonyl (C=O) groups is 1. The number of para-hydroxylation sites is 1. The lowest BCUT2D eigenvalue weighted by molar-refractivity contribution is 0.0938. The molecule has 0 bridgehead atoms. The van der Waals surface area contributed by atoms with Crippen molar-refractivity contribution in [3.63, 3.8) is 0 Å². The normalized spacial score (nSPS) is 15.2. The fourth-order valence-electron chi connectivity index (χ4n) is 3.91. The number of aromatic nitrogens is 1. The van der Waals surface area contributed by atoms with Gasteiger partial charge in [-0.25, -0.2) is 8.78 Å². The van der Waals surface area contributed by atoms with Crippen LogP contribution in [0, 0.1) is 11.6 Å². The van der Waals surface area contributed by atoms with Crippen LogP contribution in [0.15, 0.2) is 42.5 Å². The second kappa shape index (κ2) is 7.87. The van der Waals surface area contributed by atoms with Crippen molar-refractivity contribution in [3.8, 4) is 0 Å². The van der Waals surface area contributed by atoms with Crippen molar-refractivity contribution in [1.29, 1.82) is 0 Å². The van der Waals surface area contributed by atoms with Crippen LogP contribution < -0.4 is 5.32 Å². The maximum absolute atomic E-state index is 13.6. The first-order valence-corrected chi connectivity index (χ1v) is 9.86. The van der Waals surface area contributed by atoms with Crippen molar-refractivity contribution < 1.29 is 13.6 Å². The van der Waals surface area contributed by atoms with Crippen LogP contribution in [0.5, 0.6) is 0 Å². The number of nitrogens with zero attached hydrogens (tertiary/aromatic N) is 2. The highest BCUT2D eigenvalue weighted by molar-refractivity contribution is 6.07. The monoisotopic (exact) mass is 395 g/mol. The van der Waals surface area contributed by atoms with Gasteiger partial charge in [-0.15, -0.1) is 0 Å². The Morgan fingerprint density at radius 2 is 2.00 bits per heavy atom. The Kier molecular flexibility index (Phi) is 5.28. The number of carbonyl (C=O) groups excluding carboxylic acids is 1. The van der Waals surface area contributed by atoms with Crippen molar-refractivity contribution in [2.45, 2.75) is 32.9 Å². The maximum atomic E-state index is 13.6. The Labute approximate surface area is 168 Å². The van der Waals surface area contributed by atoms with Gasteiger partial charge >= 0.3 is 0 Å². The lowest BCUT2D eigenvalue weighted by Crippen LogP contribution is -2.34. The Bertz CT molecular complexity index is 1080. The van der Waals surface area contributed by atoms with E-state index in [0.717, 1.165) is 53.8 Å². The van der Waals surface area contributed by atoms with E-state index in [9.17, 15) is 13.6 Å². The number of rotatable bonds is 4. The maximum Gasteiger partial charge on any atom is 0.252 e. The third-order valence-corrected chi connectivity index (χ3v) is 5.59. The third-order valence-electron chi connectivity index (χ3n) is 5.59. The van der Waals surface area contributed by atoms with E-state index in [1.807, 2.05) is 24.3 Å². The van der Waals surface area contributed by atoms with Crippen molar-refractivity contribution in [1.82, 2.24) is 15.2 Å². The fourth-order valence-corrected chi connectivity index (χ4v) is 3.91. The van der Waals surface area contributed by atoms with Crippen LogP contribution in [0.3, 0.4) is 0 Å². The summed E-state index contributed by atoms with van der Waals surface area (Å²) in [7, 11) is 0. The van der Waals surface area contributed by atoms with Gasteiger partial charge in [0.1, 0.15) is 0 Å². The van der Waals surface area contributed by atoms with Crippen molar-refractivity contribution in [3.05, 3.63) is 76.5 Å². The molecule has 0 spiro atoms. The SMILES string of the molecule is CCN1CCc2nc3ccccc3c(C(=O)NC(C)c3ccc(F)c(F)c3)c2C1. The fraction of sp³-hybridized carbons (Fsp3) is 0.304. The minimum Gasteiger partial charge on any atom is -0.345 e.